The van der Waals surface area contributed by atoms with Crippen molar-refractivity contribution in [3.05, 3.63) is 52.6 Å². The normalized spacial score (nSPS) is 11.5. The molecule has 0 aliphatic rings. The fourth-order valence-electron chi connectivity index (χ4n) is 1.38. The molecule has 0 saturated carbocycles. The number of nitrogens with one attached hydrogen (secondary N) is 1. The third-order valence-corrected chi connectivity index (χ3v) is 2.16. The summed E-state index contributed by atoms with van der Waals surface area (Å²) in [4.78, 5) is 17.1. The van der Waals surface area contributed by atoms with Crippen LogP contribution in [-0.4, -0.2) is 9.97 Å². The maximum atomic E-state index is 12.5. The Morgan fingerprint density at radius 1 is 1.18 bits per heavy atom. The fourth-order valence-corrected chi connectivity index (χ4v) is 1.38. The highest BCUT2D eigenvalue weighted by atomic mass is 19.4. The minimum absolute atomic E-state index is 0.208. The van der Waals surface area contributed by atoms with Gasteiger partial charge in [0.2, 0.25) is 0 Å². The van der Waals surface area contributed by atoms with Crippen LogP contribution in [0.3, 0.4) is 0 Å². The molecule has 0 bridgehead atoms. The molecular weight excluding hydrogens is 233 g/mol. The fraction of sp³-hybridized carbons (Fsp3) is 0.0909. The van der Waals surface area contributed by atoms with Gasteiger partial charge in [-0.1, -0.05) is 12.1 Å². The van der Waals surface area contributed by atoms with Gasteiger partial charge in [0.15, 0.2) is 0 Å². The molecule has 1 heterocycles. The maximum absolute atomic E-state index is 12.5. The van der Waals surface area contributed by atoms with Crippen molar-refractivity contribution in [1.29, 1.82) is 0 Å². The minimum atomic E-state index is -4.41. The number of hydrogen-bond acceptors (Lipinski definition) is 2. The second-order valence-electron chi connectivity index (χ2n) is 3.37. The highest BCUT2D eigenvalue weighted by molar-refractivity contribution is 5.59. The SMILES string of the molecule is O=c1cc(-c2cccc(C(F)(F)F)c2)nc[nH]1. The van der Waals surface area contributed by atoms with Crippen molar-refractivity contribution in [1.82, 2.24) is 9.97 Å². The van der Waals surface area contributed by atoms with Crippen molar-refractivity contribution >= 4 is 0 Å². The van der Waals surface area contributed by atoms with Gasteiger partial charge < -0.3 is 4.98 Å². The number of H-pyrrole nitrogens is 1. The molecule has 0 atom stereocenters. The van der Waals surface area contributed by atoms with E-state index in [-0.39, 0.29) is 11.3 Å². The van der Waals surface area contributed by atoms with E-state index >= 15 is 0 Å². The third kappa shape index (κ3) is 2.52. The van der Waals surface area contributed by atoms with Gasteiger partial charge >= 0.3 is 6.18 Å². The molecule has 1 N–H and O–H groups in total. The van der Waals surface area contributed by atoms with Gasteiger partial charge in [-0.15, -0.1) is 0 Å². The number of halogens is 3. The van der Waals surface area contributed by atoms with E-state index in [0.717, 1.165) is 24.5 Å². The highest BCUT2D eigenvalue weighted by Crippen LogP contribution is 2.31. The first kappa shape index (κ1) is 11.4. The van der Waals surface area contributed by atoms with Gasteiger partial charge in [0, 0.05) is 11.6 Å². The molecule has 2 rings (SSSR count). The molecule has 0 unspecified atom stereocenters. The molecule has 3 nitrogen and oxygen atoms in total. The zero-order valence-electron chi connectivity index (χ0n) is 8.45. The first-order chi connectivity index (χ1) is 7.97. The maximum Gasteiger partial charge on any atom is 0.416 e. The molecule has 6 heteroatoms. The quantitative estimate of drug-likeness (QED) is 0.832. The van der Waals surface area contributed by atoms with E-state index in [9.17, 15) is 18.0 Å². The number of alkyl halides is 3. The number of rotatable bonds is 1. The van der Waals surface area contributed by atoms with Crippen molar-refractivity contribution < 1.29 is 13.2 Å². The summed E-state index contributed by atoms with van der Waals surface area (Å²) in [6, 6.07) is 5.83. The Morgan fingerprint density at radius 3 is 2.59 bits per heavy atom. The Hall–Kier alpha value is -2.11. The Morgan fingerprint density at radius 2 is 1.94 bits per heavy atom. The van der Waals surface area contributed by atoms with Crippen molar-refractivity contribution in [2.75, 3.05) is 0 Å². The van der Waals surface area contributed by atoms with Crippen molar-refractivity contribution in [3.63, 3.8) is 0 Å². The van der Waals surface area contributed by atoms with E-state index in [2.05, 4.69) is 9.97 Å². The van der Waals surface area contributed by atoms with Crippen molar-refractivity contribution in [2.24, 2.45) is 0 Å². The summed E-state index contributed by atoms with van der Waals surface area (Å²) in [5.74, 6) is 0. The first-order valence-corrected chi connectivity index (χ1v) is 4.69. The van der Waals surface area contributed by atoms with E-state index in [4.69, 9.17) is 0 Å². The summed E-state index contributed by atoms with van der Waals surface area (Å²) in [6.07, 6.45) is -3.25. The summed E-state index contributed by atoms with van der Waals surface area (Å²) in [5.41, 5.74) is -0.713. The lowest BCUT2D eigenvalue weighted by Crippen LogP contribution is -2.06. The lowest BCUT2D eigenvalue weighted by Gasteiger charge is -2.07. The molecule has 0 amide bonds. The van der Waals surface area contributed by atoms with Crippen LogP contribution >= 0.6 is 0 Å². The Balaban J connectivity index is 2.51. The van der Waals surface area contributed by atoms with Crippen LogP contribution in [0.2, 0.25) is 0 Å². The lowest BCUT2D eigenvalue weighted by atomic mass is 10.1. The summed E-state index contributed by atoms with van der Waals surface area (Å²) < 4.78 is 37.4. The number of benzene rings is 1. The van der Waals surface area contributed by atoms with E-state index in [1.54, 1.807) is 0 Å². The molecule has 0 saturated heterocycles. The van der Waals surface area contributed by atoms with Gasteiger partial charge in [-0.3, -0.25) is 4.79 Å². The first-order valence-electron chi connectivity index (χ1n) is 4.69. The van der Waals surface area contributed by atoms with Crippen LogP contribution in [0, 0.1) is 0 Å². The van der Waals surface area contributed by atoms with Gasteiger partial charge in [0.05, 0.1) is 17.6 Å². The van der Waals surface area contributed by atoms with Gasteiger partial charge in [-0.25, -0.2) is 4.98 Å². The average Bonchev–Trinajstić information content (AvgIpc) is 2.28. The van der Waals surface area contributed by atoms with Crippen LogP contribution in [0.15, 0.2) is 41.5 Å². The number of nitrogens with zero attached hydrogens (tertiary/aromatic N) is 1. The monoisotopic (exact) mass is 240 g/mol. The van der Waals surface area contributed by atoms with Crippen LogP contribution in [0.4, 0.5) is 13.2 Å². The number of aromatic amines is 1. The van der Waals surface area contributed by atoms with Crippen LogP contribution in [0.1, 0.15) is 5.56 Å². The number of aromatic nitrogens is 2. The zero-order valence-corrected chi connectivity index (χ0v) is 8.45. The highest BCUT2D eigenvalue weighted by Gasteiger charge is 2.30. The van der Waals surface area contributed by atoms with E-state index in [1.807, 2.05) is 0 Å². The molecule has 0 aliphatic heterocycles. The van der Waals surface area contributed by atoms with E-state index < -0.39 is 17.3 Å². The summed E-state index contributed by atoms with van der Waals surface area (Å²) in [7, 11) is 0. The molecule has 1 aromatic carbocycles. The summed E-state index contributed by atoms with van der Waals surface area (Å²) >= 11 is 0. The van der Waals surface area contributed by atoms with E-state index in [0.29, 0.717) is 0 Å². The van der Waals surface area contributed by atoms with Gasteiger partial charge in [0.1, 0.15) is 0 Å². The van der Waals surface area contributed by atoms with Crippen molar-refractivity contribution in [2.45, 2.75) is 6.18 Å². The summed E-state index contributed by atoms with van der Waals surface area (Å²) in [5, 5.41) is 0. The average molecular weight is 240 g/mol. The largest absolute Gasteiger partial charge is 0.416 e. The number of hydrogen-bond donors (Lipinski definition) is 1. The van der Waals surface area contributed by atoms with Crippen LogP contribution in [-0.2, 0) is 6.18 Å². The second-order valence-corrected chi connectivity index (χ2v) is 3.37. The van der Waals surface area contributed by atoms with Gasteiger partial charge in [-0.2, -0.15) is 13.2 Å². The predicted molar refractivity (Wildman–Crippen MR) is 55.3 cm³/mol. The second kappa shape index (κ2) is 4.04. The molecule has 2 aromatic rings. The Labute approximate surface area is 94.0 Å². The van der Waals surface area contributed by atoms with Gasteiger partial charge in [-0.05, 0) is 12.1 Å². The van der Waals surface area contributed by atoms with E-state index in [1.165, 1.54) is 12.1 Å². The molecule has 0 fully saturated rings. The van der Waals surface area contributed by atoms with Crippen LogP contribution in [0.25, 0.3) is 11.3 Å². The molecule has 0 spiro atoms. The smallest absolute Gasteiger partial charge is 0.313 e. The molecule has 0 radical (unpaired) electrons. The zero-order chi connectivity index (χ0) is 12.5. The molecule has 1 aromatic heterocycles. The molecule has 0 aliphatic carbocycles. The topological polar surface area (TPSA) is 45.8 Å². The third-order valence-electron chi connectivity index (χ3n) is 2.16. The standard InChI is InChI=1S/C11H7F3N2O/c12-11(13,14)8-3-1-2-7(4-8)9-5-10(17)16-6-15-9/h1-6H,(H,15,16,17). The Bertz CT molecular complexity index is 590. The minimum Gasteiger partial charge on any atom is -0.313 e. The molecule has 88 valence electrons. The van der Waals surface area contributed by atoms with Crippen molar-refractivity contribution in [3.8, 4) is 11.3 Å². The summed E-state index contributed by atoms with van der Waals surface area (Å²) in [6.45, 7) is 0. The predicted octanol–water partition coefficient (Wildman–Crippen LogP) is 2.46. The van der Waals surface area contributed by atoms with Crippen LogP contribution < -0.4 is 5.56 Å². The molecular formula is C11H7F3N2O. The van der Waals surface area contributed by atoms with Crippen LogP contribution in [0.5, 0.6) is 0 Å². The lowest BCUT2D eigenvalue weighted by molar-refractivity contribution is -0.137. The Kier molecular flexibility index (Phi) is 2.71. The molecule has 17 heavy (non-hydrogen) atoms. The van der Waals surface area contributed by atoms with Gasteiger partial charge in [0.25, 0.3) is 5.56 Å².